The van der Waals surface area contributed by atoms with Crippen LogP contribution in [0, 0.1) is 53.1 Å². The first-order valence-electron chi connectivity index (χ1n) is 50.9. The van der Waals surface area contributed by atoms with Gasteiger partial charge in [0.05, 0.1) is 57.7 Å². The van der Waals surface area contributed by atoms with Gasteiger partial charge in [-0.05, 0) is 143 Å². The molecule has 12 unspecified atom stereocenters. The van der Waals surface area contributed by atoms with Crippen LogP contribution in [0.1, 0.15) is 233 Å². The number of benzene rings is 3. The molecule has 0 aliphatic carbocycles. The maximum Gasteiger partial charge on any atom is 0.323 e. The molecule has 504 valence electrons. The molecule has 0 radical (unpaired) electrons. The molecule has 6 aliphatic heterocycles. The van der Waals surface area contributed by atoms with Crippen molar-refractivity contribution in [1.82, 2.24) is 14.7 Å². The maximum atomic E-state index is 13.3. The highest BCUT2D eigenvalue weighted by Crippen LogP contribution is 2.48. The fourth-order valence-electron chi connectivity index (χ4n) is 9.68. The van der Waals surface area contributed by atoms with Crippen LogP contribution in [-0.4, -0.2) is 151 Å². The minimum atomic E-state index is -4.07. The van der Waals surface area contributed by atoms with Gasteiger partial charge in [-0.1, -0.05) is 82.9 Å². The molecule has 6 aliphatic rings. The number of rotatable bonds is 21. The van der Waals surface area contributed by atoms with Crippen molar-refractivity contribution in [2.75, 3.05) is 81.7 Å². The quantitative estimate of drug-likeness (QED) is 0.0666. The van der Waals surface area contributed by atoms with Gasteiger partial charge in [-0.15, -0.1) is 0 Å². The Labute approximate surface area is 601 Å². The van der Waals surface area contributed by atoms with Crippen LogP contribution in [0.5, 0.6) is 34.5 Å². The molecular weight excluding hydrogens is 1140 g/mol. The van der Waals surface area contributed by atoms with E-state index in [2.05, 4.69) is 0 Å². The van der Waals surface area contributed by atoms with Crippen molar-refractivity contribution < 1.29 is 117 Å². The largest absolute Gasteiger partial charge is 0.493 e. The van der Waals surface area contributed by atoms with Crippen LogP contribution in [0.2, 0.25) is 0 Å². The summed E-state index contributed by atoms with van der Waals surface area (Å²) >= 11 is 0. The van der Waals surface area contributed by atoms with E-state index in [1.165, 1.54) is 49.0 Å². The van der Waals surface area contributed by atoms with Crippen molar-refractivity contribution in [3.8, 4) is 34.5 Å². The lowest BCUT2D eigenvalue weighted by Gasteiger charge is -2.47. The molecule has 18 heteroatoms. The molecule has 6 N–H and O–H groups in total. The van der Waals surface area contributed by atoms with E-state index in [1.54, 1.807) is 13.8 Å². The SMILES string of the molecule is [2H]c1c2c(c([2H])c(OC)c1OC([2H])([2H])[2H])C1N(CC2)C([2H])([2H])C([2H])(C([2H])([2H])C([2H])(C)C([2H])([2H])[2H])C([2H])(OC(=O)[C@@H](N)C(C)C)C1([2H])[2H].[2H]c1c2c(c([2H])c(OC)c1OC)C1N(CC2)C([2H])([2H])C([2H])(C([2H])([2H])C([2H])(C)C([2H])([2H])[2H])C(OC(=O)[C@@H](N)C(C)C)C1([2H])[2H].[2H]c1c2c(c([2H])c(OC)c1OC)C1N(CC2)C([2H])([2H])C([2H])(C([2H])([2H])C([2H])(C)C([2H])([2H])[2H])C([2H])(OC(=O)[C@@H](N)C(C)C)C1([2H])[2H]. The third kappa shape index (κ3) is 17.5. The van der Waals surface area contributed by atoms with Gasteiger partial charge >= 0.3 is 17.9 Å². The van der Waals surface area contributed by atoms with Gasteiger partial charge in [0.15, 0.2) is 34.5 Å². The number of fused-ring (bicyclic) bond motifs is 9. The van der Waals surface area contributed by atoms with Crippen molar-refractivity contribution in [3.63, 3.8) is 0 Å². The Kier molecular flexibility index (Phi) is 11.8. The Morgan fingerprint density at radius 3 is 1.12 bits per heavy atom. The van der Waals surface area contributed by atoms with Crippen LogP contribution in [0.3, 0.4) is 0 Å². The van der Waals surface area contributed by atoms with Crippen LogP contribution < -0.4 is 45.6 Å². The van der Waals surface area contributed by atoms with Gasteiger partial charge in [-0.25, -0.2) is 0 Å². The highest BCUT2D eigenvalue weighted by atomic mass is 16.6. The number of carbonyl (C=O) groups excluding carboxylic acids is 3. The Morgan fingerprint density at radius 1 is 0.500 bits per heavy atom. The minimum Gasteiger partial charge on any atom is -0.493 e. The second-order valence-corrected chi connectivity index (χ2v) is 22.4. The van der Waals surface area contributed by atoms with E-state index < -0.39 is 278 Å². The minimum absolute atomic E-state index is 0.0226. The topological polar surface area (TPSA) is 222 Å². The number of hydrogen-bond donors (Lipinski definition) is 3. The fourth-order valence-corrected chi connectivity index (χ4v) is 9.68. The summed E-state index contributed by atoms with van der Waals surface area (Å²) in [5.74, 6) is -30.1. The molecule has 0 aromatic heterocycles. The van der Waals surface area contributed by atoms with Gasteiger partial charge in [0.2, 0.25) is 0 Å². The lowest BCUT2D eigenvalue weighted by Crippen LogP contribution is -2.51. The summed E-state index contributed by atoms with van der Waals surface area (Å²) in [7, 11) is 2.71. The van der Waals surface area contributed by atoms with E-state index in [-0.39, 0.29) is 75.7 Å². The molecule has 3 aromatic carbocycles. The molecule has 15 atom stereocenters. The standard InChI is InChI=1S/3C24H38N2O4/c3*1-14(2)9-17-13-26-8-7-16-10-21(28-5)22(29-6)11-18(16)19(26)12-20(17)30-24(27)23(25)15(3)4/h3*10-11,14-15,17,19-20,23H,7-9,12-13,25H2,1-6H3/t3*17?,19?,20?,23-/m000/s1/i1D3,5D3,9D2,10D,11D,12D2,13D2,14D,17D,20D;1D3,9D2,10D,11D,12D2,13D2,14D,17D,20D;1D3,9D2,10D,11D,12D2,13D2,14D,17D/t3*14?,17?,19?,20?,23-. The van der Waals surface area contributed by atoms with E-state index in [0.717, 1.165) is 19.1 Å². The summed E-state index contributed by atoms with van der Waals surface area (Å²) in [6, 6.07) is -13.8. The average Bonchev–Trinajstić information content (AvgIpc) is 0.647. The third-order valence-corrected chi connectivity index (χ3v) is 14.7. The molecule has 6 heterocycles. The van der Waals surface area contributed by atoms with Gasteiger partial charge in [0, 0.05) is 139 Å². The molecule has 0 amide bonds. The van der Waals surface area contributed by atoms with Crippen molar-refractivity contribution in [3.05, 3.63) is 69.6 Å². The number of ether oxygens (including phenoxy) is 9. The highest BCUT2D eigenvalue weighted by molar-refractivity contribution is 5.77. The van der Waals surface area contributed by atoms with E-state index in [0.29, 0.717) is 30.6 Å². The van der Waals surface area contributed by atoms with Gasteiger partial charge < -0.3 is 59.8 Å². The van der Waals surface area contributed by atoms with Crippen molar-refractivity contribution in [1.29, 1.82) is 0 Å². The number of esters is 3. The Bertz CT molecular complexity index is 4950. The molecule has 3 saturated heterocycles. The molecule has 0 bridgehead atoms. The zero-order valence-electron chi connectivity index (χ0n) is 97.0. The van der Waals surface area contributed by atoms with Crippen LogP contribution >= 0.6 is 0 Å². The smallest absolute Gasteiger partial charge is 0.323 e. The molecule has 3 fully saturated rings. The second-order valence-electron chi connectivity index (χ2n) is 22.4. The molecule has 9 rings (SSSR count). The average molecular weight is 1300 g/mol. The predicted molar refractivity (Wildman–Crippen MR) is 353 cm³/mol. The number of piperidine rings is 3. The van der Waals surface area contributed by atoms with Crippen LogP contribution in [0.25, 0.3) is 0 Å². The third-order valence-electron chi connectivity index (χ3n) is 14.7. The van der Waals surface area contributed by atoms with E-state index in [9.17, 15) is 37.7 Å². The lowest BCUT2D eigenvalue weighted by molar-refractivity contribution is -0.161. The molecular formula is C72H114N6O12. The van der Waals surface area contributed by atoms with Gasteiger partial charge in [-0.2, -0.15) is 0 Å². The molecule has 3 aromatic rings. The number of nitrogens with zero attached hydrogens (tertiary/aromatic N) is 3. The van der Waals surface area contributed by atoms with Crippen LogP contribution in [-0.2, 0) is 47.9 Å². The molecule has 90 heavy (non-hydrogen) atoms. The molecule has 0 saturated carbocycles. The monoisotopic (exact) mass is 1300 g/mol. The van der Waals surface area contributed by atoms with Crippen molar-refractivity contribution in [2.45, 2.75) is 195 Å². The summed E-state index contributed by atoms with van der Waals surface area (Å²) in [5, 5.41) is 0. The second kappa shape index (κ2) is 32.5. The maximum absolute atomic E-state index is 13.3. The van der Waals surface area contributed by atoms with E-state index in [4.69, 9.17) is 96.8 Å². The van der Waals surface area contributed by atoms with E-state index in [1.807, 2.05) is 0 Å². The van der Waals surface area contributed by atoms with E-state index >= 15 is 0 Å². The highest BCUT2D eigenvalue weighted by Gasteiger charge is 2.45. The van der Waals surface area contributed by atoms with Crippen LogP contribution in [0.15, 0.2) is 36.3 Å². The Hall–Kier alpha value is -5.37. The summed E-state index contributed by atoms with van der Waals surface area (Å²) in [5.41, 5.74) is 16.6. The van der Waals surface area contributed by atoms with Gasteiger partial charge in [0.25, 0.3) is 0 Å². The first-order chi connectivity index (χ1) is 59.8. The molecule has 0 spiro atoms. The zero-order chi connectivity index (χ0) is 105. The normalized spacial score (nSPS) is 42.5. The lowest BCUT2D eigenvalue weighted by atomic mass is 9.79. The fraction of sp³-hybridized carbons (Fsp3) is 0.708. The first kappa shape index (κ1) is 32.7. The van der Waals surface area contributed by atoms with Crippen LogP contribution in [0.4, 0.5) is 0 Å². The van der Waals surface area contributed by atoms with Crippen molar-refractivity contribution >= 4 is 17.9 Å². The first-order valence-corrected chi connectivity index (χ1v) is 28.9. The van der Waals surface area contributed by atoms with Gasteiger partial charge in [0.1, 0.15) is 36.4 Å². The Morgan fingerprint density at radius 2 is 0.800 bits per heavy atom. The number of hydrogen-bond acceptors (Lipinski definition) is 18. The summed E-state index contributed by atoms with van der Waals surface area (Å²) in [6.07, 6.45) is -33.4. The van der Waals surface area contributed by atoms with Crippen molar-refractivity contribution in [2.24, 2.45) is 70.3 Å². The number of carbonyl (C=O) groups is 3. The Balaban J connectivity index is 0.000000275. The van der Waals surface area contributed by atoms with Gasteiger partial charge in [-0.3, -0.25) is 29.1 Å². The number of methoxy groups -OCH3 is 6. The number of nitrogens with two attached hydrogens (primary N) is 3. The molecule has 18 nitrogen and oxygen atoms in total. The summed E-state index contributed by atoms with van der Waals surface area (Å²) in [4.78, 5) is 41.9. The summed E-state index contributed by atoms with van der Waals surface area (Å²) in [6.45, 7) is -11.9. The zero-order valence-corrected chi connectivity index (χ0v) is 53.0. The summed E-state index contributed by atoms with van der Waals surface area (Å²) < 4.78 is 430. The predicted octanol–water partition coefficient (Wildman–Crippen LogP) is 10.7.